The number of hydrazine groups is 1. The molecule has 0 spiro atoms. The van der Waals surface area contributed by atoms with E-state index in [1.165, 1.54) is 45.5 Å². The molecule has 0 saturated carbocycles. The molecule has 0 saturated heterocycles. The lowest BCUT2D eigenvalue weighted by Gasteiger charge is -2.13. The zero-order valence-corrected chi connectivity index (χ0v) is 17.0. The van der Waals surface area contributed by atoms with Crippen molar-refractivity contribution in [3.05, 3.63) is 59.2 Å². The molecule has 150 valence electrons. The number of benzene rings is 2. The maximum absolute atomic E-state index is 12.3. The standard InChI is InChI=1S/C19H23N3O5S/c1-13-8-9-17(27-4)15(10-13)12-18(23)20-21-19(24)14-6-5-7-16(11-14)28(25,26)22(2)3/h5-11H,12H2,1-4H3,(H,20,23)(H,21,24). The molecule has 0 heterocycles. The molecule has 2 aromatic carbocycles. The number of ether oxygens (including phenoxy) is 1. The quantitative estimate of drug-likeness (QED) is 0.704. The van der Waals surface area contributed by atoms with Crippen molar-refractivity contribution in [2.24, 2.45) is 0 Å². The summed E-state index contributed by atoms with van der Waals surface area (Å²) in [6, 6.07) is 11.0. The minimum absolute atomic E-state index is 0.0130. The maximum Gasteiger partial charge on any atom is 0.269 e. The van der Waals surface area contributed by atoms with E-state index in [4.69, 9.17) is 4.74 Å². The van der Waals surface area contributed by atoms with E-state index in [1.54, 1.807) is 6.07 Å². The largest absolute Gasteiger partial charge is 0.496 e. The van der Waals surface area contributed by atoms with Gasteiger partial charge in [0.15, 0.2) is 0 Å². The zero-order valence-electron chi connectivity index (χ0n) is 16.1. The molecule has 28 heavy (non-hydrogen) atoms. The van der Waals surface area contributed by atoms with Crippen molar-refractivity contribution in [3.8, 4) is 5.75 Å². The number of nitrogens with zero attached hydrogens (tertiary/aromatic N) is 1. The Morgan fingerprint density at radius 1 is 1.07 bits per heavy atom. The number of hydrogen-bond acceptors (Lipinski definition) is 5. The molecule has 0 aliphatic heterocycles. The molecule has 8 nitrogen and oxygen atoms in total. The predicted molar refractivity (Wildman–Crippen MR) is 104 cm³/mol. The van der Waals surface area contributed by atoms with Crippen LogP contribution < -0.4 is 15.6 Å². The van der Waals surface area contributed by atoms with E-state index >= 15 is 0 Å². The van der Waals surface area contributed by atoms with Gasteiger partial charge < -0.3 is 4.74 Å². The van der Waals surface area contributed by atoms with E-state index < -0.39 is 21.8 Å². The first-order chi connectivity index (χ1) is 13.1. The normalized spacial score (nSPS) is 11.2. The van der Waals surface area contributed by atoms with Crippen LogP contribution in [0.5, 0.6) is 5.75 Å². The fraction of sp³-hybridized carbons (Fsp3) is 0.263. The molecule has 0 atom stereocenters. The van der Waals surface area contributed by atoms with Crippen LogP contribution in [-0.4, -0.2) is 45.7 Å². The van der Waals surface area contributed by atoms with E-state index in [2.05, 4.69) is 10.9 Å². The summed E-state index contributed by atoms with van der Waals surface area (Å²) in [6.45, 7) is 1.90. The predicted octanol–water partition coefficient (Wildman–Crippen LogP) is 1.26. The minimum Gasteiger partial charge on any atom is -0.496 e. The van der Waals surface area contributed by atoms with E-state index in [-0.39, 0.29) is 16.9 Å². The molecule has 2 amide bonds. The van der Waals surface area contributed by atoms with Gasteiger partial charge in [-0.15, -0.1) is 0 Å². The molecule has 0 unspecified atom stereocenters. The van der Waals surface area contributed by atoms with Crippen molar-refractivity contribution in [2.45, 2.75) is 18.2 Å². The third-order valence-corrected chi connectivity index (χ3v) is 5.79. The monoisotopic (exact) mass is 405 g/mol. The van der Waals surface area contributed by atoms with E-state index in [0.717, 1.165) is 9.87 Å². The van der Waals surface area contributed by atoms with Gasteiger partial charge in [0.2, 0.25) is 15.9 Å². The Balaban J connectivity index is 2.05. The molecular weight excluding hydrogens is 382 g/mol. The lowest BCUT2D eigenvalue weighted by atomic mass is 10.1. The summed E-state index contributed by atoms with van der Waals surface area (Å²) in [4.78, 5) is 24.4. The van der Waals surface area contributed by atoms with Crippen LogP contribution in [-0.2, 0) is 21.2 Å². The first-order valence-electron chi connectivity index (χ1n) is 8.40. The van der Waals surface area contributed by atoms with Crippen molar-refractivity contribution >= 4 is 21.8 Å². The van der Waals surface area contributed by atoms with Crippen molar-refractivity contribution in [3.63, 3.8) is 0 Å². The second kappa shape index (κ2) is 8.85. The first-order valence-corrected chi connectivity index (χ1v) is 9.84. The van der Waals surface area contributed by atoms with Gasteiger partial charge in [-0.3, -0.25) is 20.4 Å². The van der Waals surface area contributed by atoms with Gasteiger partial charge in [0.25, 0.3) is 5.91 Å². The van der Waals surface area contributed by atoms with Gasteiger partial charge in [-0.2, -0.15) is 0 Å². The Hall–Kier alpha value is -2.91. The van der Waals surface area contributed by atoms with Gasteiger partial charge in [-0.25, -0.2) is 12.7 Å². The van der Waals surface area contributed by atoms with Gasteiger partial charge in [0, 0.05) is 25.2 Å². The summed E-state index contributed by atoms with van der Waals surface area (Å²) >= 11 is 0. The number of carbonyl (C=O) groups excluding carboxylic acids is 2. The molecule has 0 aliphatic carbocycles. The van der Waals surface area contributed by atoms with Gasteiger partial charge in [-0.05, 0) is 31.2 Å². The molecule has 2 aromatic rings. The summed E-state index contributed by atoms with van der Waals surface area (Å²) in [5.41, 5.74) is 6.39. The Morgan fingerprint density at radius 3 is 2.43 bits per heavy atom. The van der Waals surface area contributed by atoms with Gasteiger partial charge in [0.05, 0.1) is 18.4 Å². The topological polar surface area (TPSA) is 105 Å². The lowest BCUT2D eigenvalue weighted by Crippen LogP contribution is -2.42. The zero-order chi connectivity index (χ0) is 20.9. The molecule has 0 fully saturated rings. The average molecular weight is 405 g/mol. The Labute approximate surface area is 164 Å². The minimum atomic E-state index is -3.66. The molecule has 0 radical (unpaired) electrons. The third kappa shape index (κ3) is 5.08. The molecule has 0 aliphatic rings. The summed E-state index contributed by atoms with van der Waals surface area (Å²) in [6.07, 6.45) is 0.0141. The number of sulfonamides is 1. The van der Waals surface area contributed by atoms with Crippen LogP contribution in [0.1, 0.15) is 21.5 Å². The molecule has 2 N–H and O–H groups in total. The second-order valence-corrected chi connectivity index (χ2v) is 8.46. The smallest absolute Gasteiger partial charge is 0.269 e. The van der Waals surface area contributed by atoms with Crippen molar-refractivity contribution < 1.29 is 22.7 Å². The second-order valence-electron chi connectivity index (χ2n) is 6.31. The van der Waals surface area contributed by atoms with Crippen LogP contribution in [0.25, 0.3) is 0 Å². The van der Waals surface area contributed by atoms with Crippen molar-refractivity contribution in [1.82, 2.24) is 15.2 Å². The van der Waals surface area contributed by atoms with Crippen LogP contribution in [0, 0.1) is 6.92 Å². The SMILES string of the molecule is COc1ccc(C)cc1CC(=O)NNC(=O)c1cccc(S(=O)(=O)N(C)C)c1. The summed E-state index contributed by atoms with van der Waals surface area (Å²) in [5.74, 6) is -0.483. The molecular formula is C19H23N3O5S. The highest BCUT2D eigenvalue weighted by Crippen LogP contribution is 2.20. The van der Waals surface area contributed by atoms with Gasteiger partial charge >= 0.3 is 0 Å². The molecule has 0 aromatic heterocycles. The van der Waals surface area contributed by atoms with Gasteiger partial charge in [0.1, 0.15) is 5.75 Å². The molecule has 2 rings (SSSR count). The number of carbonyl (C=O) groups is 2. The Kier molecular flexibility index (Phi) is 6.76. The summed E-state index contributed by atoms with van der Waals surface area (Å²) < 4.78 is 30.6. The highest BCUT2D eigenvalue weighted by molar-refractivity contribution is 7.89. The number of hydrogen-bond donors (Lipinski definition) is 2. The van der Waals surface area contributed by atoms with Crippen LogP contribution in [0.2, 0.25) is 0 Å². The van der Waals surface area contributed by atoms with Gasteiger partial charge in [-0.1, -0.05) is 23.8 Å². The van der Waals surface area contributed by atoms with Crippen LogP contribution >= 0.6 is 0 Å². The fourth-order valence-corrected chi connectivity index (χ4v) is 3.42. The number of rotatable bonds is 6. The Morgan fingerprint density at radius 2 is 1.79 bits per heavy atom. The molecule has 9 heteroatoms. The van der Waals surface area contributed by atoms with Crippen molar-refractivity contribution in [2.75, 3.05) is 21.2 Å². The van der Waals surface area contributed by atoms with Crippen LogP contribution in [0.4, 0.5) is 0 Å². The number of aryl methyl sites for hydroxylation is 1. The number of amides is 2. The van der Waals surface area contributed by atoms with Crippen molar-refractivity contribution in [1.29, 1.82) is 0 Å². The lowest BCUT2D eigenvalue weighted by molar-refractivity contribution is -0.121. The fourth-order valence-electron chi connectivity index (χ4n) is 2.47. The Bertz CT molecular complexity index is 987. The maximum atomic E-state index is 12.3. The van der Waals surface area contributed by atoms with E-state index in [9.17, 15) is 18.0 Å². The van der Waals surface area contributed by atoms with Crippen LogP contribution in [0.3, 0.4) is 0 Å². The first kappa shape index (κ1) is 21.4. The summed E-state index contributed by atoms with van der Waals surface area (Å²) in [7, 11) is 0.661. The highest BCUT2D eigenvalue weighted by atomic mass is 32.2. The van der Waals surface area contributed by atoms with Crippen LogP contribution in [0.15, 0.2) is 47.4 Å². The van der Waals surface area contributed by atoms with E-state index in [0.29, 0.717) is 11.3 Å². The average Bonchev–Trinajstić information content (AvgIpc) is 2.66. The number of nitrogens with one attached hydrogen (secondary N) is 2. The molecule has 0 bridgehead atoms. The summed E-state index contributed by atoms with van der Waals surface area (Å²) in [5, 5.41) is 0. The third-order valence-electron chi connectivity index (χ3n) is 3.98. The van der Waals surface area contributed by atoms with E-state index in [1.807, 2.05) is 19.1 Å². The highest BCUT2D eigenvalue weighted by Gasteiger charge is 2.19. The number of methoxy groups -OCH3 is 1.